The van der Waals surface area contributed by atoms with Crippen LogP contribution in [0.1, 0.15) is 5.56 Å². The van der Waals surface area contributed by atoms with E-state index in [1.54, 1.807) is 19.5 Å². The number of thioether (sulfide) groups is 1. The molecule has 0 bridgehead atoms. The topological polar surface area (TPSA) is 94.8 Å². The van der Waals surface area contributed by atoms with Gasteiger partial charge in [0.2, 0.25) is 5.91 Å². The molecule has 0 saturated heterocycles. The van der Waals surface area contributed by atoms with Crippen LogP contribution >= 0.6 is 34.7 Å². The zero-order valence-corrected chi connectivity index (χ0v) is 21.1. The Kier molecular flexibility index (Phi) is 6.67. The molecule has 8 nitrogen and oxygen atoms in total. The van der Waals surface area contributed by atoms with E-state index in [0.29, 0.717) is 21.1 Å². The average Bonchev–Trinajstić information content (AvgIpc) is 3.48. The molecule has 0 fully saturated rings. The van der Waals surface area contributed by atoms with Crippen LogP contribution in [0.2, 0.25) is 5.02 Å². The second-order valence-electron chi connectivity index (χ2n) is 7.45. The number of hydrogen-bond donors (Lipinski definition) is 1. The summed E-state index contributed by atoms with van der Waals surface area (Å²) < 4.78 is 8.11. The number of nitrogens with one attached hydrogen (secondary N) is 1. The monoisotopic (exact) mass is 522 g/mol. The lowest BCUT2D eigenvalue weighted by molar-refractivity contribution is -0.113. The third-order valence-electron chi connectivity index (χ3n) is 5.23. The van der Waals surface area contributed by atoms with Gasteiger partial charge in [-0.15, -0.1) is 10.2 Å². The van der Waals surface area contributed by atoms with Crippen LogP contribution in [-0.2, 0) is 4.79 Å². The molecule has 3 aromatic heterocycles. The number of ether oxygens (including phenoxy) is 1. The summed E-state index contributed by atoms with van der Waals surface area (Å²) in [6.45, 7) is 1.94. The number of nitrogens with zero attached hydrogens (tertiary/aromatic N) is 5. The summed E-state index contributed by atoms with van der Waals surface area (Å²) in [6.07, 6.45) is 3.40. The first kappa shape index (κ1) is 23.3. The van der Waals surface area contributed by atoms with Crippen molar-refractivity contribution in [2.24, 2.45) is 0 Å². The van der Waals surface area contributed by atoms with Crippen molar-refractivity contribution in [3.05, 3.63) is 71.5 Å². The molecule has 35 heavy (non-hydrogen) atoms. The van der Waals surface area contributed by atoms with E-state index in [4.69, 9.17) is 16.3 Å². The first-order valence-electron chi connectivity index (χ1n) is 10.5. The number of carbonyl (C=O) groups is 1. The van der Waals surface area contributed by atoms with E-state index in [2.05, 4.69) is 25.5 Å². The summed E-state index contributed by atoms with van der Waals surface area (Å²) >= 11 is 9.09. The molecular weight excluding hydrogens is 504 g/mol. The maximum atomic E-state index is 12.8. The Morgan fingerprint density at radius 2 is 2.00 bits per heavy atom. The normalized spacial score (nSPS) is 11.1. The van der Waals surface area contributed by atoms with Crippen molar-refractivity contribution in [2.75, 3.05) is 18.2 Å². The van der Waals surface area contributed by atoms with E-state index in [9.17, 15) is 4.79 Å². The molecule has 3 heterocycles. The first-order valence-corrected chi connectivity index (χ1v) is 12.7. The summed E-state index contributed by atoms with van der Waals surface area (Å²) in [6, 6.07) is 15.0. The smallest absolute Gasteiger partial charge is 0.236 e. The van der Waals surface area contributed by atoms with Crippen LogP contribution in [0.25, 0.3) is 27.3 Å². The van der Waals surface area contributed by atoms with Crippen LogP contribution < -0.4 is 10.1 Å². The third kappa shape index (κ3) is 4.86. The number of methoxy groups -OCH3 is 1. The maximum Gasteiger partial charge on any atom is 0.236 e. The molecule has 1 N–H and O–H groups in total. The summed E-state index contributed by atoms with van der Waals surface area (Å²) in [5, 5.41) is 13.4. The van der Waals surface area contributed by atoms with Gasteiger partial charge in [0, 0.05) is 23.0 Å². The van der Waals surface area contributed by atoms with Gasteiger partial charge in [0.25, 0.3) is 0 Å². The van der Waals surface area contributed by atoms with Crippen molar-refractivity contribution in [1.29, 1.82) is 0 Å². The highest BCUT2D eigenvalue weighted by molar-refractivity contribution is 7.99. The molecule has 11 heteroatoms. The highest BCUT2D eigenvalue weighted by Crippen LogP contribution is 2.32. The zero-order valence-electron chi connectivity index (χ0n) is 18.7. The number of amides is 1. The van der Waals surface area contributed by atoms with Crippen molar-refractivity contribution in [2.45, 2.75) is 12.1 Å². The van der Waals surface area contributed by atoms with E-state index >= 15 is 0 Å². The molecule has 0 spiro atoms. The molecule has 0 saturated carbocycles. The average molecular weight is 523 g/mol. The van der Waals surface area contributed by atoms with E-state index in [1.165, 1.54) is 23.1 Å². The molecule has 5 aromatic rings. The third-order valence-corrected chi connectivity index (χ3v) is 7.50. The Morgan fingerprint density at radius 3 is 2.80 bits per heavy atom. The van der Waals surface area contributed by atoms with E-state index in [-0.39, 0.29) is 11.7 Å². The molecule has 176 valence electrons. The fourth-order valence-corrected chi connectivity index (χ4v) is 5.30. The molecule has 1 amide bonds. The summed E-state index contributed by atoms with van der Waals surface area (Å²) in [7, 11) is 1.62. The van der Waals surface area contributed by atoms with Crippen LogP contribution in [0.3, 0.4) is 0 Å². The lowest BCUT2D eigenvalue weighted by Gasteiger charge is -2.13. The lowest BCUT2D eigenvalue weighted by Crippen LogP contribution is -2.14. The Labute approximate surface area is 214 Å². The van der Waals surface area contributed by atoms with Gasteiger partial charge in [0.15, 0.2) is 16.1 Å². The minimum atomic E-state index is -0.191. The van der Waals surface area contributed by atoms with Crippen LogP contribution in [0.15, 0.2) is 66.1 Å². The van der Waals surface area contributed by atoms with Gasteiger partial charge in [0.1, 0.15) is 5.75 Å². The fourth-order valence-electron chi connectivity index (χ4n) is 3.48. The Morgan fingerprint density at radius 1 is 1.17 bits per heavy atom. The molecule has 0 atom stereocenters. The number of carbonyl (C=O) groups excluding carboxylic acids is 1. The number of benzene rings is 2. The standard InChI is InChI=1S/C24H19ClN6O2S2/c1-14-17(25)4-3-5-19(14)31-22(15-8-10-26-11-9-15)29-30-24(31)34-13-21(32)28-23-27-18-7-6-16(33-2)12-20(18)35-23/h3-12H,13H2,1-2H3,(H,27,28,32). The molecule has 0 radical (unpaired) electrons. The van der Waals surface area contributed by atoms with Gasteiger partial charge >= 0.3 is 0 Å². The number of halogens is 1. The van der Waals surface area contributed by atoms with E-state index in [1.807, 2.05) is 60.0 Å². The molecule has 0 aliphatic carbocycles. The Bertz CT molecular complexity index is 1520. The van der Waals surface area contributed by atoms with Crippen molar-refractivity contribution in [3.63, 3.8) is 0 Å². The van der Waals surface area contributed by atoms with Crippen LogP contribution in [0.5, 0.6) is 5.75 Å². The van der Waals surface area contributed by atoms with Gasteiger partial charge in [-0.25, -0.2) is 4.98 Å². The number of rotatable bonds is 7. The van der Waals surface area contributed by atoms with Gasteiger partial charge in [-0.1, -0.05) is 40.8 Å². The largest absolute Gasteiger partial charge is 0.497 e. The molecule has 0 aliphatic rings. The van der Waals surface area contributed by atoms with E-state index in [0.717, 1.165) is 32.8 Å². The molecule has 0 unspecified atom stereocenters. The van der Waals surface area contributed by atoms with Crippen LogP contribution in [0.4, 0.5) is 5.13 Å². The van der Waals surface area contributed by atoms with Crippen molar-refractivity contribution in [3.8, 4) is 22.8 Å². The predicted molar refractivity (Wildman–Crippen MR) is 140 cm³/mol. The lowest BCUT2D eigenvalue weighted by atomic mass is 10.2. The van der Waals surface area contributed by atoms with Gasteiger partial charge < -0.3 is 10.1 Å². The number of pyridine rings is 1. The summed E-state index contributed by atoms with van der Waals surface area (Å²) in [5.41, 5.74) is 3.39. The summed E-state index contributed by atoms with van der Waals surface area (Å²) in [4.78, 5) is 21.3. The minimum absolute atomic E-state index is 0.132. The van der Waals surface area contributed by atoms with Crippen LogP contribution in [0, 0.1) is 6.92 Å². The number of thiazole rings is 1. The zero-order chi connectivity index (χ0) is 24.4. The molecule has 2 aromatic carbocycles. The van der Waals surface area contributed by atoms with Crippen molar-refractivity contribution < 1.29 is 9.53 Å². The number of anilines is 1. The van der Waals surface area contributed by atoms with Crippen LogP contribution in [-0.4, -0.2) is 43.5 Å². The second-order valence-corrected chi connectivity index (χ2v) is 9.83. The molecular formula is C24H19ClN6O2S2. The minimum Gasteiger partial charge on any atom is -0.497 e. The Hall–Kier alpha value is -3.47. The SMILES string of the molecule is COc1ccc2nc(NC(=O)CSc3nnc(-c4ccncc4)n3-c3cccc(Cl)c3C)sc2c1. The van der Waals surface area contributed by atoms with Crippen molar-refractivity contribution in [1.82, 2.24) is 24.7 Å². The number of aromatic nitrogens is 5. The van der Waals surface area contributed by atoms with Gasteiger partial charge in [-0.3, -0.25) is 14.3 Å². The van der Waals surface area contributed by atoms with Gasteiger partial charge in [-0.05, 0) is 55.0 Å². The van der Waals surface area contributed by atoms with Crippen molar-refractivity contribution >= 4 is 56.0 Å². The predicted octanol–water partition coefficient (Wildman–Crippen LogP) is 5.64. The van der Waals surface area contributed by atoms with E-state index < -0.39 is 0 Å². The Balaban J connectivity index is 1.40. The maximum absolute atomic E-state index is 12.8. The molecule has 0 aliphatic heterocycles. The summed E-state index contributed by atoms with van der Waals surface area (Å²) in [5.74, 6) is 1.33. The second kappa shape index (κ2) is 10.0. The molecule has 5 rings (SSSR count). The first-order chi connectivity index (χ1) is 17.0. The highest BCUT2D eigenvalue weighted by atomic mass is 35.5. The van der Waals surface area contributed by atoms with Gasteiger partial charge in [-0.2, -0.15) is 0 Å². The number of hydrogen-bond acceptors (Lipinski definition) is 8. The van der Waals surface area contributed by atoms with Gasteiger partial charge in [0.05, 0.1) is 28.8 Å². The highest BCUT2D eigenvalue weighted by Gasteiger charge is 2.19. The number of fused-ring (bicyclic) bond motifs is 1. The quantitative estimate of drug-likeness (QED) is 0.276. The fraction of sp³-hybridized carbons (Fsp3) is 0.125.